The van der Waals surface area contributed by atoms with Crippen LogP contribution in [-0.4, -0.2) is 53.1 Å². The molecule has 12 heteroatoms. The van der Waals surface area contributed by atoms with Gasteiger partial charge in [0.25, 0.3) is 0 Å². The Bertz CT molecular complexity index is 943. The monoisotopic (exact) mass is 423 g/mol. The maximum Gasteiger partial charge on any atom is 0.407 e. The molecule has 0 unspecified atom stereocenters. The SMILES string of the molecule is CC(C)NC(=O)O[C@H]1CC[C@@H](c2cc(Nc3ncc(NS(C)(=O)=O)cn3)n[nH]2)C1. The molecular formula is C17H25N7O4S. The second-order valence-electron chi connectivity index (χ2n) is 7.34. The van der Waals surface area contributed by atoms with Crippen LogP contribution in [0.4, 0.5) is 22.2 Å². The number of H-pyrrole nitrogens is 1. The summed E-state index contributed by atoms with van der Waals surface area (Å²) in [5.74, 6) is 1.06. The van der Waals surface area contributed by atoms with Gasteiger partial charge in [-0.25, -0.2) is 23.2 Å². The lowest BCUT2D eigenvalue weighted by Gasteiger charge is -2.14. The normalized spacial score (nSPS) is 19.2. The number of hydrogen-bond acceptors (Lipinski definition) is 8. The van der Waals surface area contributed by atoms with Gasteiger partial charge in [0, 0.05) is 23.7 Å². The van der Waals surface area contributed by atoms with E-state index in [1.807, 2.05) is 19.9 Å². The fourth-order valence-electron chi connectivity index (χ4n) is 3.13. The van der Waals surface area contributed by atoms with Crippen molar-refractivity contribution in [2.75, 3.05) is 16.3 Å². The lowest BCUT2D eigenvalue weighted by molar-refractivity contribution is 0.0981. The van der Waals surface area contributed by atoms with Gasteiger partial charge in [-0.2, -0.15) is 5.10 Å². The summed E-state index contributed by atoms with van der Waals surface area (Å²) < 4.78 is 30.2. The Kier molecular flexibility index (Phi) is 6.20. The van der Waals surface area contributed by atoms with Crippen LogP contribution in [0.3, 0.4) is 0 Å². The van der Waals surface area contributed by atoms with Crippen molar-refractivity contribution in [2.45, 2.75) is 51.2 Å². The highest BCUT2D eigenvalue weighted by Gasteiger charge is 2.30. The molecular weight excluding hydrogens is 398 g/mol. The first-order valence-electron chi connectivity index (χ1n) is 9.27. The van der Waals surface area contributed by atoms with Gasteiger partial charge in [-0.3, -0.25) is 9.82 Å². The molecule has 4 N–H and O–H groups in total. The van der Waals surface area contributed by atoms with E-state index >= 15 is 0 Å². The van der Waals surface area contributed by atoms with Crippen LogP contribution in [0.25, 0.3) is 0 Å². The van der Waals surface area contributed by atoms with Crippen molar-refractivity contribution in [3.8, 4) is 0 Å². The average Bonchev–Trinajstić information content (AvgIpc) is 3.24. The van der Waals surface area contributed by atoms with Gasteiger partial charge in [-0.1, -0.05) is 0 Å². The van der Waals surface area contributed by atoms with Crippen LogP contribution in [0.5, 0.6) is 0 Å². The third kappa shape index (κ3) is 6.31. The summed E-state index contributed by atoms with van der Waals surface area (Å²) in [4.78, 5) is 19.9. The maximum atomic E-state index is 11.7. The van der Waals surface area contributed by atoms with E-state index < -0.39 is 10.0 Å². The van der Waals surface area contributed by atoms with Gasteiger partial charge < -0.3 is 15.4 Å². The van der Waals surface area contributed by atoms with E-state index in [1.54, 1.807) is 0 Å². The molecule has 2 heterocycles. The van der Waals surface area contributed by atoms with Gasteiger partial charge in [0.05, 0.1) is 24.3 Å². The number of rotatable bonds is 7. The molecule has 2 aromatic rings. The Morgan fingerprint density at radius 2 is 2.00 bits per heavy atom. The second kappa shape index (κ2) is 8.64. The predicted molar refractivity (Wildman–Crippen MR) is 108 cm³/mol. The molecule has 158 valence electrons. The fourth-order valence-corrected chi connectivity index (χ4v) is 3.67. The number of amides is 1. The summed E-state index contributed by atoms with van der Waals surface area (Å²) in [7, 11) is -3.38. The Balaban J connectivity index is 1.54. The predicted octanol–water partition coefficient (Wildman–Crippen LogP) is 2.09. The zero-order valence-electron chi connectivity index (χ0n) is 16.5. The van der Waals surface area contributed by atoms with Crippen LogP contribution in [0.15, 0.2) is 18.5 Å². The molecule has 0 bridgehead atoms. The zero-order chi connectivity index (χ0) is 21.0. The summed E-state index contributed by atoms with van der Waals surface area (Å²) in [6.07, 6.45) is 5.71. The van der Waals surface area contributed by atoms with E-state index in [9.17, 15) is 13.2 Å². The van der Waals surface area contributed by atoms with E-state index in [1.165, 1.54) is 12.4 Å². The van der Waals surface area contributed by atoms with Crippen molar-refractivity contribution in [3.05, 3.63) is 24.2 Å². The molecule has 0 saturated heterocycles. The minimum atomic E-state index is -3.38. The molecule has 1 aliphatic carbocycles. The highest BCUT2D eigenvalue weighted by molar-refractivity contribution is 7.92. The first-order valence-corrected chi connectivity index (χ1v) is 11.2. The third-order valence-corrected chi connectivity index (χ3v) is 4.90. The van der Waals surface area contributed by atoms with Gasteiger partial charge in [-0.05, 0) is 33.1 Å². The van der Waals surface area contributed by atoms with Crippen molar-refractivity contribution in [3.63, 3.8) is 0 Å². The summed E-state index contributed by atoms with van der Waals surface area (Å²) >= 11 is 0. The van der Waals surface area contributed by atoms with E-state index in [0.29, 0.717) is 11.8 Å². The van der Waals surface area contributed by atoms with Crippen molar-refractivity contribution < 1.29 is 17.9 Å². The number of anilines is 3. The molecule has 2 atom stereocenters. The Hall–Kier alpha value is -2.89. The molecule has 3 rings (SSSR count). The Labute approximate surface area is 169 Å². The van der Waals surface area contributed by atoms with Crippen molar-refractivity contribution in [2.24, 2.45) is 0 Å². The first-order chi connectivity index (χ1) is 13.7. The fraction of sp³-hybridized carbons (Fsp3) is 0.529. The van der Waals surface area contributed by atoms with Gasteiger partial charge >= 0.3 is 6.09 Å². The van der Waals surface area contributed by atoms with E-state index in [-0.39, 0.29) is 29.8 Å². The number of sulfonamides is 1. The highest BCUT2D eigenvalue weighted by Crippen LogP contribution is 2.36. The quantitative estimate of drug-likeness (QED) is 0.528. The first kappa shape index (κ1) is 20.8. The van der Waals surface area contributed by atoms with Gasteiger partial charge in [-0.15, -0.1) is 0 Å². The van der Waals surface area contributed by atoms with Gasteiger partial charge in [0.15, 0.2) is 5.82 Å². The topological polar surface area (TPSA) is 151 Å². The number of aromatic amines is 1. The molecule has 2 aromatic heterocycles. The van der Waals surface area contributed by atoms with Crippen LogP contribution < -0.4 is 15.4 Å². The molecule has 29 heavy (non-hydrogen) atoms. The molecule has 1 fully saturated rings. The third-order valence-electron chi connectivity index (χ3n) is 4.30. The number of carbonyl (C=O) groups excluding carboxylic acids is 1. The Morgan fingerprint density at radius 3 is 2.66 bits per heavy atom. The summed E-state index contributed by atoms with van der Waals surface area (Å²) in [6, 6.07) is 1.91. The second-order valence-corrected chi connectivity index (χ2v) is 9.09. The number of nitrogens with zero attached hydrogens (tertiary/aromatic N) is 3. The van der Waals surface area contributed by atoms with E-state index in [0.717, 1.165) is 31.2 Å². The van der Waals surface area contributed by atoms with Crippen LogP contribution in [0.2, 0.25) is 0 Å². The Morgan fingerprint density at radius 1 is 1.28 bits per heavy atom. The summed E-state index contributed by atoms with van der Waals surface area (Å²) in [5, 5.41) is 12.9. The number of ether oxygens (including phenoxy) is 1. The van der Waals surface area contributed by atoms with Crippen molar-refractivity contribution >= 4 is 33.6 Å². The molecule has 11 nitrogen and oxygen atoms in total. The summed E-state index contributed by atoms with van der Waals surface area (Å²) in [5.41, 5.74) is 1.22. The largest absolute Gasteiger partial charge is 0.446 e. The van der Waals surface area contributed by atoms with Crippen molar-refractivity contribution in [1.29, 1.82) is 0 Å². The lowest BCUT2D eigenvalue weighted by Crippen LogP contribution is -2.33. The zero-order valence-corrected chi connectivity index (χ0v) is 17.3. The van der Waals surface area contributed by atoms with Crippen LogP contribution in [-0.2, 0) is 14.8 Å². The number of aromatic nitrogens is 4. The van der Waals surface area contributed by atoms with Crippen LogP contribution in [0, 0.1) is 0 Å². The van der Waals surface area contributed by atoms with Gasteiger partial charge in [0.2, 0.25) is 16.0 Å². The van der Waals surface area contributed by atoms with Crippen LogP contribution >= 0.6 is 0 Å². The molecule has 1 aliphatic rings. The minimum Gasteiger partial charge on any atom is -0.446 e. The van der Waals surface area contributed by atoms with E-state index in [2.05, 4.69) is 35.5 Å². The number of carbonyl (C=O) groups is 1. The molecule has 1 saturated carbocycles. The van der Waals surface area contributed by atoms with E-state index in [4.69, 9.17) is 4.74 Å². The highest BCUT2D eigenvalue weighted by atomic mass is 32.2. The number of alkyl carbamates (subject to hydrolysis) is 1. The standard InChI is InChI=1S/C17H25N7O4S/c1-10(2)20-17(25)28-13-5-4-11(6-13)14-7-15(23-22-14)21-16-18-8-12(9-19-16)24-29(3,26)27/h7-11,13,24H,4-6H2,1-3H3,(H,20,25)(H2,18,19,21,22,23)/t11-,13+/m1/s1. The van der Waals surface area contributed by atoms with Crippen molar-refractivity contribution in [1.82, 2.24) is 25.5 Å². The molecule has 0 aliphatic heterocycles. The molecule has 0 radical (unpaired) electrons. The smallest absolute Gasteiger partial charge is 0.407 e. The van der Waals surface area contributed by atoms with Gasteiger partial charge in [0.1, 0.15) is 6.10 Å². The number of nitrogens with one attached hydrogen (secondary N) is 4. The lowest BCUT2D eigenvalue weighted by atomic mass is 10.0. The molecule has 0 spiro atoms. The summed E-state index contributed by atoms with van der Waals surface area (Å²) in [6.45, 7) is 3.77. The number of hydrogen-bond donors (Lipinski definition) is 4. The van der Waals surface area contributed by atoms with Crippen LogP contribution in [0.1, 0.15) is 44.7 Å². The maximum absolute atomic E-state index is 11.7. The molecule has 0 aromatic carbocycles. The minimum absolute atomic E-state index is 0.0411. The average molecular weight is 423 g/mol. The molecule has 1 amide bonds.